The first-order chi connectivity index (χ1) is 11.6. The van der Waals surface area contributed by atoms with Crippen molar-refractivity contribution in [2.24, 2.45) is 0 Å². The van der Waals surface area contributed by atoms with Gasteiger partial charge in [0.25, 0.3) is 0 Å². The van der Waals surface area contributed by atoms with Gasteiger partial charge >= 0.3 is 0 Å². The van der Waals surface area contributed by atoms with Crippen molar-refractivity contribution < 1.29 is 4.79 Å². The van der Waals surface area contributed by atoms with Crippen LogP contribution in [0.15, 0.2) is 24.3 Å². The van der Waals surface area contributed by atoms with Gasteiger partial charge in [-0.3, -0.25) is 10.1 Å². The fourth-order valence-electron chi connectivity index (χ4n) is 2.98. The van der Waals surface area contributed by atoms with E-state index >= 15 is 0 Å². The summed E-state index contributed by atoms with van der Waals surface area (Å²) >= 11 is 1.51. The van der Waals surface area contributed by atoms with E-state index in [1.165, 1.54) is 49.0 Å². The summed E-state index contributed by atoms with van der Waals surface area (Å²) in [4.78, 5) is 12.3. The number of benzene rings is 1. The van der Waals surface area contributed by atoms with Crippen molar-refractivity contribution in [2.45, 2.75) is 57.9 Å². The molecule has 0 aliphatic heterocycles. The van der Waals surface area contributed by atoms with Gasteiger partial charge in [0.15, 0.2) is 0 Å². The number of carbonyl (C=O) groups is 1. The second kappa shape index (κ2) is 7.75. The molecule has 1 aliphatic carbocycles. The minimum absolute atomic E-state index is 0.0954. The molecular formula is C18H24N4OS. The van der Waals surface area contributed by atoms with Gasteiger partial charge in [0.1, 0.15) is 11.0 Å². The molecule has 5 nitrogen and oxygen atoms in total. The molecule has 2 N–H and O–H groups in total. The van der Waals surface area contributed by atoms with Gasteiger partial charge in [0.2, 0.25) is 11.0 Å². The molecule has 0 radical (unpaired) electrons. The van der Waals surface area contributed by atoms with E-state index in [-0.39, 0.29) is 11.9 Å². The maximum atomic E-state index is 12.3. The molecule has 1 amide bonds. The van der Waals surface area contributed by atoms with Crippen LogP contribution in [0.5, 0.6) is 0 Å². The van der Waals surface area contributed by atoms with E-state index in [4.69, 9.17) is 0 Å². The average molecular weight is 344 g/mol. The maximum absolute atomic E-state index is 12.3. The zero-order valence-electron chi connectivity index (χ0n) is 14.2. The highest BCUT2D eigenvalue weighted by molar-refractivity contribution is 7.15. The highest BCUT2D eigenvalue weighted by atomic mass is 32.1. The molecule has 1 heterocycles. The molecule has 0 saturated heterocycles. The lowest BCUT2D eigenvalue weighted by Gasteiger charge is -2.18. The van der Waals surface area contributed by atoms with E-state index < -0.39 is 0 Å². The number of hydrogen-bond donors (Lipinski definition) is 2. The average Bonchev–Trinajstić information content (AvgIpc) is 3.06. The van der Waals surface area contributed by atoms with E-state index in [2.05, 4.69) is 20.8 Å². The van der Waals surface area contributed by atoms with Crippen LogP contribution in [0.4, 0.5) is 10.8 Å². The maximum Gasteiger partial charge on any atom is 0.248 e. The zero-order chi connectivity index (χ0) is 16.9. The highest BCUT2D eigenvalue weighted by Crippen LogP contribution is 2.35. The smallest absolute Gasteiger partial charge is 0.248 e. The predicted octanol–water partition coefficient (Wildman–Crippen LogP) is 4.33. The summed E-state index contributed by atoms with van der Waals surface area (Å²) in [6, 6.07) is 7.66. The van der Waals surface area contributed by atoms with E-state index in [1.54, 1.807) is 0 Å². The highest BCUT2D eigenvalue weighted by Gasteiger charge is 2.21. The monoisotopic (exact) mass is 344 g/mol. The van der Waals surface area contributed by atoms with E-state index in [9.17, 15) is 4.79 Å². The molecule has 1 aromatic carbocycles. The molecule has 1 fully saturated rings. The van der Waals surface area contributed by atoms with Crippen molar-refractivity contribution in [3.63, 3.8) is 0 Å². The Morgan fingerprint density at radius 1 is 1.17 bits per heavy atom. The third-order valence-corrected chi connectivity index (χ3v) is 5.45. The molecule has 128 valence electrons. The normalized spacial score (nSPS) is 16.6. The number of hydrogen-bond acceptors (Lipinski definition) is 5. The first kappa shape index (κ1) is 16.9. The predicted molar refractivity (Wildman–Crippen MR) is 98.6 cm³/mol. The number of aromatic nitrogens is 2. The molecule has 24 heavy (non-hydrogen) atoms. The van der Waals surface area contributed by atoms with Gasteiger partial charge < -0.3 is 5.32 Å². The van der Waals surface area contributed by atoms with Crippen molar-refractivity contribution in [3.8, 4) is 0 Å². The molecule has 0 spiro atoms. The Balaban J connectivity index is 1.55. The van der Waals surface area contributed by atoms with Crippen molar-refractivity contribution in [1.29, 1.82) is 0 Å². The molecular weight excluding hydrogens is 320 g/mol. The Morgan fingerprint density at radius 3 is 2.58 bits per heavy atom. The van der Waals surface area contributed by atoms with Crippen molar-refractivity contribution in [3.05, 3.63) is 34.8 Å². The van der Waals surface area contributed by atoms with Crippen molar-refractivity contribution in [1.82, 2.24) is 10.2 Å². The van der Waals surface area contributed by atoms with Crippen LogP contribution in [-0.2, 0) is 4.79 Å². The summed E-state index contributed by atoms with van der Waals surface area (Å²) in [5, 5.41) is 16.2. The lowest BCUT2D eigenvalue weighted by atomic mass is 9.90. The molecule has 0 bridgehead atoms. The minimum atomic E-state index is -0.338. The fraction of sp³-hybridized carbons (Fsp3) is 0.500. The molecule has 2 aromatic rings. The van der Waals surface area contributed by atoms with Gasteiger partial charge in [0, 0.05) is 11.6 Å². The van der Waals surface area contributed by atoms with Gasteiger partial charge in [-0.25, -0.2) is 0 Å². The number of rotatable bonds is 5. The fourth-order valence-corrected chi connectivity index (χ4v) is 3.89. The summed E-state index contributed by atoms with van der Waals surface area (Å²) < 4.78 is 0. The second-order valence-electron chi connectivity index (χ2n) is 6.50. The Kier molecular flexibility index (Phi) is 5.45. The zero-order valence-corrected chi connectivity index (χ0v) is 15.0. The first-order valence-corrected chi connectivity index (χ1v) is 9.41. The topological polar surface area (TPSA) is 66.9 Å². The molecule has 1 aromatic heterocycles. The molecule has 1 aliphatic rings. The van der Waals surface area contributed by atoms with Crippen LogP contribution < -0.4 is 10.6 Å². The number of nitrogens with one attached hydrogen (secondary N) is 2. The molecule has 6 heteroatoms. The quantitative estimate of drug-likeness (QED) is 0.847. The summed E-state index contributed by atoms with van der Waals surface area (Å²) in [7, 11) is 0. The molecule has 1 unspecified atom stereocenters. The number of anilines is 2. The van der Waals surface area contributed by atoms with Crippen LogP contribution in [-0.4, -0.2) is 22.1 Å². The van der Waals surface area contributed by atoms with Gasteiger partial charge in [0.05, 0.1) is 0 Å². The number of aryl methyl sites for hydroxylation is 1. The largest absolute Gasteiger partial charge is 0.374 e. The van der Waals surface area contributed by atoms with Gasteiger partial charge in [-0.1, -0.05) is 48.3 Å². The van der Waals surface area contributed by atoms with Crippen LogP contribution in [0.25, 0.3) is 0 Å². The van der Waals surface area contributed by atoms with Crippen LogP contribution in [0.3, 0.4) is 0 Å². The van der Waals surface area contributed by atoms with Crippen LogP contribution in [0.2, 0.25) is 0 Å². The van der Waals surface area contributed by atoms with E-state index in [1.807, 2.05) is 38.1 Å². The van der Waals surface area contributed by atoms with Gasteiger partial charge in [-0.15, -0.1) is 10.2 Å². The van der Waals surface area contributed by atoms with E-state index in [0.29, 0.717) is 11.0 Å². The summed E-state index contributed by atoms with van der Waals surface area (Å²) in [5.74, 6) is 0.423. The van der Waals surface area contributed by atoms with E-state index in [0.717, 1.165) is 10.7 Å². The van der Waals surface area contributed by atoms with Gasteiger partial charge in [-0.05, 0) is 38.8 Å². The van der Waals surface area contributed by atoms with Crippen LogP contribution >= 0.6 is 11.3 Å². The summed E-state index contributed by atoms with van der Waals surface area (Å²) in [5.41, 5.74) is 2.13. The number of carbonyl (C=O) groups excluding carboxylic acids is 1. The summed E-state index contributed by atoms with van der Waals surface area (Å²) in [6.45, 7) is 3.89. The lowest BCUT2D eigenvalue weighted by Crippen LogP contribution is -2.31. The molecule has 1 atom stereocenters. The Bertz CT molecular complexity index is 677. The second-order valence-corrected chi connectivity index (χ2v) is 7.51. The summed E-state index contributed by atoms with van der Waals surface area (Å²) in [6.07, 6.45) is 6.23. The van der Waals surface area contributed by atoms with Crippen LogP contribution in [0.1, 0.15) is 55.5 Å². The third kappa shape index (κ3) is 4.32. The molecule has 1 saturated carbocycles. The number of amides is 1. The van der Waals surface area contributed by atoms with Crippen molar-refractivity contribution in [2.75, 3.05) is 10.6 Å². The Morgan fingerprint density at radius 2 is 1.88 bits per heavy atom. The minimum Gasteiger partial charge on any atom is -0.374 e. The third-order valence-electron chi connectivity index (χ3n) is 4.45. The Labute approximate surface area is 146 Å². The first-order valence-electron chi connectivity index (χ1n) is 8.59. The SMILES string of the molecule is Cc1ccc(NC(C)C(=O)Nc2nnc(C3CCCCC3)s2)cc1. The lowest BCUT2D eigenvalue weighted by molar-refractivity contribution is -0.116. The van der Waals surface area contributed by atoms with Gasteiger partial charge in [-0.2, -0.15) is 0 Å². The molecule has 3 rings (SSSR count). The number of nitrogens with zero attached hydrogens (tertiary/aromatic N) is 2. The van der Waals surface area contributed by atoms with Crippen LogP contribution in [0, 0.1) is 6.92 Å². The Hall–Kier alpha value is -1.95. The standard InChI is InChI=1S/C18H24N4OS/c1-12-8-10-15(11-9-12)19-13(2)16(23)20-18-22-21-17(24-18)14-6-4-3-5-7-14/h8-11,13-14,19H,3-7H2,1-2H3,(H,20,22,23). The van der Waals surface area contributed by atoms with Crippen molar-refractivity contribution >= 4 is 28.1 Å².